The van der Waals surface area contributed by atoms with Crippen LogP contribution < -0.4 is 11.5 Å². The Hall–Kier alpha value is -3.10. The molecule has 8 nitrogen and oxygen atoms in total. The topological polar surface area (TPSA) is 130 Å². The highest BCUT2D eigenvalue weighted by Crippen LogP contribution is 2.32. The monoisotopic (exact) mass is 484 g/mol. The molecule has 0 radical (unpaired) electrons. The Balaban J connectivity index is 1.97. The van der Waals surface area contributed by atoms with Crippen molar-refractivity contribution in [2.24, 2.45) is 16.0 Å². The predicted octanol–water partition coefficient (Wildman–Crippen LogP) is 3.54. The Morgan fingerprint density at radius 3 is 2.71 bits per heavy atom. The number of nitrogens with zero attached hydrogens (tertiary/aromatic N) is 5. The Labute approximate surface area is 176 Å². The van der Waals surface area contributed by atoms with Crippen molar-refractivity contribution in [2.75, 3.05) is 19.3 Å². The number of fused-ring (bicyclic) bond motifs is 1. The van der Waals surface area contributed by atoms with Gasteiger partial charge in [0.1, 0.15) is 22.9 Å². The van der Waals surface area contributed by atoms with Crippen LogP contribution in [0.4, 0.5) is 17.2 Å². The number of benzene rings is 1. The van der Waals surface area contributed by atoms with Gasteiger partial charge in [0.15, 0.2) is 5.82 Å². The quantitative estimate of drug-likeness (QED) is 0.130. The molecule has 0 amide bonds. The van der Waals surface area contributed by atoms with Crippen LogP contribution in [-0.2, 0) is 0 Å². The summed E-state index contributed by atoms with van der Waals surface area (Å²) in [5.74, 6) is 6.41. The van der Waals surface area contributed by atoms with Crippen molar-refractivity contribution >= 4 is 56.7 Å². The second kappa shape index (κ2) is 8.73. The molecule has 0 bridgehead atoms. The number of nitrogens with one attached hydrogen (secondary N) is 1. The van der Waals surface area contributed by atoms with Crippen LogP contribution in [0.25, 0.3) is 10.8 Å². The number of anilines is 1. The predicted molar refractivity (Wildman–Crippen MR) is 119 cm³/mol. The summed E-state index contributed by atoms with van der Waals surface area (Å²) in [6, 6.07) is 9.09. The number of hydrogen-bond acceptors (Lipinski definition) is 7. The first-order valence-electron chi connectivity index (χ1n) is 8.20. The minimum Gasteiger partial charge on any atom is -0.382 e. The second-order valence-electron chi connectivity index (χ2n) is 5.87. The smallest absolute Gasteiger partial charge is 0.151 e. The average molecular weight is 484 g/mol. The average Bonchev–Trinajstić information content (AvgIpc) is 2.67. The van der Waals surface area contributed by atoms with Crippen molar-refractivity contribution in [1.29, 1.82) is 5.41 Å². The number of nitrogens with two attached hydrogens (primary N) is 2. The minimum atomic E-state index is -0.103. The molecule has 9 heteroatoms. The van der Waals surface area contributed by atoms with Crippen LogP contribution in [0.15, 0.2) is 53.0 Å². The molecule has 0 aliphatic heterocycles. The van der Waals surface area contributed by atoms with E-state index in [-0.39, 0.29) is 11.7 Å². The molecule has 2 aromatic heterocycles. The summed E-state index contributed by atoms with van der Waals surface area (Å²) in [4.78, 5) is 8.26. The molecule has 2 heterocycles. The van der Waals surface area contributed by atoms with Crippen molar-refractivity contribution in [3.8, 4) is 11.8 Å². The first kappa shape index (κ1) is 19.7. The largest absolute Gasteiger partial charge is 0.382 e. The molecule has 3 rings (SSSR count). The van der Waals surface area contributed by atoms with Gasteiger partial charge in [0.05, 0.1) is 12.7 Å². The number of azo groups is 1. The minimum absolute atomic E-state index is 0.103. The number of amidine groups is 1. The van der Waals surface area contributed by atoms with E-state index in [1.165, 1.54) is 6.20 Å². The van der Waals surface area contributed by atoms with Gasteiger partial charge in [-0.3, -0.25) is 10.4 Å². The molecule has 0 aliphatic carbocycles. The normalized spacial score (nSPS) is 11.0. The van der Waals surface area contributed by atoms with E-state index in [0.29, 0.717) is 23.6 Å². The zero-order valence-corrected chi connectivity index (χ0v) is 17.2. The van der Waals surface area contributed by atoms with E-state index in [4.69, 9.17) is 16.9 Å². The Bertz CT molecular complexity index is 1110. The summed E-state index contributed by atoms with van der Waals surface area (Å²) in [7, 11) is 1.96. The summed E-state index contributed by atoms with van der Waals surface area (Å²) < 4.78 is 1.97. The van der Waals surface area contributed by atoms with Crippen molar-refractivity contribution in [1.82, 2.24) is 13.1 Å². The second-order valence-corrected chi connectivity index (χ2v) is 7.52. The fraction of sp³-hybridized carbons (Fsp3) is 0.105. The van der Waals surface area contributed by atoms with Crippen molar-refractivity contribution in [3.05, 3.63) is 54.0 Å². The highest BCUT2D eigenvalue weighted by molar-refractivity contribution is 14.1. The van der Waals surface area contributed by atoms with E-state index in [9.17, 15) is 0 Å². The molecule has 0 saturated heterocycles. The van der Waals surface area contributed by atoms with Gasteiger partial charge in [-0.15, -0.1) is 10.2 Å². The van der Waals surface area contributed by atoms with Gasteiger partial charge >= 0.3 is 0 Å². The number of hydrogen-bond donors (Lipinski definition) is 3. The molecule has 0 fully saturated rings. The Morgan fingerprint density at radius 2 is 2.04 bits per heavy atom. The lowest BCUT2D eigenvalue weighted by atomic mass is 10.1. The van der Waals surface area contributed by atoms with Crippen LogP contribution in [0.5, 0.6) is 0 Å². The van der Waals surface area contributed by atoms with Crippen LogP contribution in [-0.4, -0.2) is 32.5 Å². The lowest BCUT2D eigenvalue weighted by Gasteiger charge is -2.05. The Kier molecular flexibility index (Phi) is 6.13. The highest BCUT2D eigenvalue weighted by atomic mass is 127. The third kappa shape index (κ3) is 4.79. The summed E-state index contributed by atoms with van der Waals surface area (Å²) >= 11 is 2.19. The van der Waals surface area contributed by atoms with E-state index < -0.39 is 0 Å². The van der Waals surface area contributed by atoms with Crippen LogP contribution >= 0.6 is 22.9 Å². The third-order valence-corrected chi connectivity index (χ3v) is 4.05. The van der Waals surface area contributed by atoms with Crippen molar-refractivity contribution in [2.45, 2.75) is 0 Å². The standard InChI is InChI=1S/C19H17IN8/c1-28(20)8-2-3-12-4-5-13-10-25-19(23)17(15(13)9-12)27-26-14-6-7-16(18(21)22)24-11-14/h4-7,9-11H,8H2,1H3,(H3,21,22)(H2,23,25). The van der Waals surface area contributed by atoms with E-state index in [2.05, 4.69) is 54.9 Å². The summed E-state index contributed by atoms with van der Waals surface area (Å²) in [5, 5.41) is 17.6. The molecule has 140 valence electrons. The lowest BCUT2D eigenvalue weighted by Crippen LogP contribution is -2.12. The van der Waals surface area contributed by atoms with Gasteiger partial charge in [0.25, 0.3) is 0 Å². The maximum atomic E-state index is 7.37. The first-order chi connectivity index (χ1) is 13.4. The molecule has 0 unspecified atom stereocenters. The number of aromatic nitrogens is 2. The fourth-order valence-electron chi connectivity index (χ4n) is 2.36. The zero-order valence-electron chi connectivity index (χ0n) is 15.0. The zero-order chi connectivity index (χ0) is 20.1. The molecular weight excluding hydrogens is 467 g/mol. The molecule has 0 aliphatic rings. The van der Waals surface area contributed by atoms with E-state index in [1.807, 2.05) is 28.4 Å². The summed E-state index contributed by atoms with van der Waals surface area (Å²) in [5.41, 5.74) is 13.7. The maximum Gasteiger partial charge on any atom is 0.151 e. The van der Waals surface area contributed by atoms with Crippen molar-refractivity contribution < 1.29 is 0 Å². The van der Waals surface area contributed by atoms with Gasteiger partial charge in [-0.25, -0.2) is 8.10 Å². The van der Waals surface area contributed by atoms with Gasteiger partial charge in [-0.1, -0.05) is 17.9 Å². The molecule has 5 N–H and O–H groups in total. The van der Waals surface area contributed by atoms with Crippen LogP contribution in [0.1, 0.15) is 11.3 Å². The number of nitrogen functional groups attached to an aromatic ring is 2. The van der Waals surface area contributed by atoms with Gasteiger partial charge in [-0.05, 0) is 31.3 Å². The summed E-state index contributed by atoms with van der Waals surface area (Å²) in [6.07, 6.45) is 3.19. The molecule has 1 aromatic carbocycles. The van der Waals surface area contributed by atoms with E-state index in [1.54, 1.807) is 18.3 Å². The van der Waals surface area contributed by atoms with Crippen molar-refractivity contribution in [3.63, 3.8) is 0 Å². The number of pyridine rings is 2. The third-order valence-electron chi connectivity index (χ3n) is 3.71. The molecule has 0 saturated carbocycles. The van der Waals surface area contributed by atoms with Crippen LogP contribution in [0.2, 0.25) is 0 Å². The molecule has 0 spiro atoms. The SMILES string of the molecule is CN(I)CC#Cc1ccc2cnc(N)c(N=Nc3ccc(C(=N)N)nc3)c2c1. The fourth-order valence-corrected chi connectivity index (χ4v) is 2.53. The van der Waals surface area contributed by atoms with E-state index in [0.717, 1.165) is 16.3 Å². The van der Waals surface area contributed by atoms with Crippen LogP contribution in [0.3, 0.4) is 0 Å². The van der Waals surface area contributed by atoms with Gasteiger partial charge < -0.3 is 11.5 Å². The number of halogens is 1. The molecule has 28 heavy (non-hydrogen) atoms. The Morgan fingerprint density at radius 1 is 1.21 bits per heavy atom. The molecule has 3 aromatic rings. The highest BCUT2D eigenvalue weighted by Gasteiger charge is 2.07. The molecule has 0 atom stereocenters. The van der Waals surface area contributed by atoms with Gasteiger partial charge in [-0.2, -0.15) is 0 Å². The van der Waals surface area contributed by atoms with Gasteiger partial charge in [0.2, 0.25) is 0 Å². The van der Waals surface area contributed by atoms with E-state index >= 15 is 0 Å². The first-order valence-corrected chi connectivity index (χ1v) is 9.17. The molecular formula is C19H17IN8. The number of rotatable bonds is 4. The maximum absolute atomic E-state index is 7.37. The summed E-state index contributed by atoms with van der Waals surface area (Å²) in [6.45, 7) is 0.660. The lowest BCUT2D eigenvalue weighted by molar-refractivity contribution is 0.699. The van der Waals surface area contributed by atoms with Gasteiger partial charge in [0, 0.05) is 45.4 Å². The van der Waals surface area contributed by atoms with Crippen LogP contribution in [0, 0.1) is 17.3 Å².